The summed E-state index contributed by atoms with van der Waals surface area (Å²) in [5.74, 6) is 0.0941. The average Bonchev–Trinajstić information content (AvgIpc) is 2.61. The van der Waals surface area contributed by atoms with Crippen LogP contribution in [0.2, 0.25) is 0 Å². The summed E-state index contributed by atoms with van der Waals surface area (Å²) in [6, 6.07) is 3.29. The van der Waals surface area contributed by atoms with Crippen LogP contribution < -0.4 is 14.2 Å². The third kappa shape index (κ3) is 5.14. The molecular formula is C18H24O7. The zero-order valence-corrected chi connectivity index (χ0v) is 15.2. The first-order valence-corrected chi connectivity index (χ1v) is 7.86. The van der Waals surface area contributed by atoms with Gasteiger partial charge in [-0.05, 0) is 26.0 Å². The normalized spacial score (nSPS) is 10.8. The van der Waals surface area contributed by atoms with Gasteiger partial charge in [-0.1, -0.05) is 6.08 Å². The molecule has 0 aromatic heterocycles. The van der Waals surface area contributed by atoms with Crippen LogP contribution in [0.3, 0.4) is 0 Å². The smallest absolute Gasteiger partial charge is 0.338 e. The molecular weight excluding hydrogens is 328 g/mol. The molecule has 0 saturated carbocycles. The highest BCUT2D eigenvalue weighted by Gasteiger charge is 2.23. The Labute approximate surface area is 147 Å². The lowest BCUT2D eigenvalue weighted by molar-refractivity contribution is -0.142. The highest BCUT2D eigenvalue weighted by Crippen LogP contribution is 2.42. The van der Waals surface area contributed by atoms with Gasteiger partial charge in [-0.15, -0.1) is 0 Å². The van der Waals surface area contributed by atoms with E-state index < -0.39 is 11.9 Å². The van der Waals surface area contributed by atoms with E-state index in [1.165, 1.54) is 27.4 Å². The number of hydrogen-bond donors (Lipinski definition) is 0. The number of ether oxygens (including phenoxy) is 5. The summed E-state index contributed by atoms with van der Waals surface area (Å²) in [6.07, 6.45) is 1.39. The minimum Gasteiger partial charge on any atom is -0.493 e. The molecule has 1 aromatic carbocycles. The van der Waals surface area contributed by atoms with E-state index in [4.69, 9.17) is 23.7 Å². The topological polar surface area (TPSA) is 80.3 Å². The molecule has 0 atom stereocenters. The number of carbonyl (C=O) groups excluding carboxylic acids is 2. The van der Waals surface area contributed by atoms with Crippen LogP contribution in [0.4, 0.5) is 0 Å². The Morgan fingerprint density at radius 1 is 0.920 bits per heavy atom. The van der Waals surface area contributed by atoms with Crippen molar-refractivity contribution in [3.05, 3.63) is 23.8 Å². The van der Waals surface area contributed by atoms with Gasteiger partial charge in [-0.2, -0.15) is 0 Å². The quantitative estimate of drug-likeness (QED) is 0.499. The zero-order chi connectivity index (χ0) is 18.8. The van der Waals surface area contributed by atoms with Gasteiger partial charge in [0.1, 0.15) is 0 Å². The molecule has 0 N–H and O–H groups in total. The van der Waals surface area contributed by atoms with Crippen molar-refractivity contribution >= 4 is 17.5 Å². The van der Waals surface area contributed by atoms with Crippen molar-refractivity contribution in [2.24, 2.45) is 0 Å². The molecule has 0 aliphatic carbocycles. The van der Waals surface area contributed by atoms with Gasteiger partial charge in [-0.3, -0.25) is 4.79 Å². The maximum absolute atomic E-state index is 12.4. The van der Waals surface area contributed by atoms with E-state index in [1.807, 2.05) is 0 Å². The predicted molar refractivity (Wildman–Crippen MR) is 92.0 cm³/mol. The number of esters is 2. The monoisotopic (exact) mass is 352 g/mol. The standard InChI is InChI=1S/C18H24O7/c1-6-24-15(19)11-9-13(18(20)25-7-2)12-8-10-14(21-3)17(23-5)16(12)22-4/h8-10H,6-7,11H2,1-5H3/b13-9-. The Morgan fingerprint density at radius 2 is 1.56 bits per heavy atom. The van der Waals surface area contributed by atoms with Gasteiger partial charge in [0.2, 0.25) is 5.75 Å². The lowest BCUT2D eigenvalue weighted by Gasteiger charge is -2.17. The molecule has 138 valence electrons. The number of benzene rings is 1. The van der Waals surface area contributed by atoms with E-state index in [1.54, 1.807) is 26.0 Å². The number of rotatable bonds is 9. The van der Waals surface area contributed by atoms with Gasteiger partial charge >= 0.3 is 11.9 Å². The maximum Gasteiger partial charge on any atom is 0.338 e. The van der Waals surface area contributed by atoms with E-state index >= 15 is 0 Å². The molecule has 0 aliphatic heterocycles. The highest BCUT2D eigenvalue weighted by atomic mass is 16.5. The first-order valence-electron chi connectivity index (χ1n) is 7.86. The lowest BCUT2D eigenvalue weighted by Crippen LogP contribution is -2.10. The predicted octanol–water partition coefficient (Wildman–Crippen LogP) is 2.61. The van der Waals surface area contributed by atoms with Crippen LogP contribution in [0, 0.1) is 0 Å². The molecule has 0 saturated heterocycles. The fraction of sp³-hybridized carbons (Fsp3) is 0.444. The van der Waals surface area contributed by atoms with Crippen molar-refractivity contribution in [2.75, 3.05) is 34.5 Å². The van der Waals surface area contributed by atoms with Crippen molar-refractivity contribution in [1.29, 1.82) is 0 Å². The van der Waals surface area contributed by atoms with Crippen molar-refractivity contribution < 1.29 is 33.3 Å². The Hall–Kier alpha value is -2.70. The zero-order valence-electron chi connectivity index (χ0n) is 15.2. The lowest BCUT2D eigenvalue weighted by atomic mass is 10.0. The molecule has 7 nitrogen and oxygen atoms in total. The van der Waals surface area contributed by atoms with E-state index in [0.717, 1.165) is 0 Å². The molecule has 1 aromatic rings. The average molecular weight is 352 g/mol. The second-order valence-electron chi connectivity index (χ2n) is 4.73. The summed E-state index contributed by atoms with van der Waals surface area (Å²) in [5.41, 5.74) is 0.621. The summed E-state index contributed by atoms with van der Waals surface area (Å²) in [4.78, 5) is 24.0. The van der Waals surface area contributed by atoms with Gasteiger partial charge in [0.15, 0.2) is 11.5 Å². The van der Waals surface area contributed by atoms with Gasteiger partial charge in [0.25, 0.3) is 0 Å². The molecule has 0 bridgehead atoms. The van der Waals surface area contributed by atoms with E-state index in [-0.39, 0.29) is 25.2 Å². The summed E-state index contributed by atoms with van der Waals surface area (Å²) < 4.78 is 26.0. The van der Waals surface area contributed by atoms with Crippen LogP contribution in [0.1, 0.15) is 25.8 Å². The van der Waals surface area contributed by atoms with E-state index in [9.17, 15) is 9.59 Å². The number of carbonyl (C=O) groups is 2. The molecule has 0 spiro atoms. The Bertz CT molecular complexity index is 635. The number of methoxy groups -OCH3 is 3. The second kappa shape index (κ2) is 10.2. The summed E-state index contributed by atoms with van der Waals surface area (Å²) in [5, 5.41) is 0. The van der Waals surface area contributed by atoms with Gasteiger partial charge < -0.3 is 23.7 Å². The molecule has 0 aliphatic rings. The van der Waals surface area contributed by atoms with Crippen molar-refractivity contribution in [1.82, 2.24) is 0 Å². The Morgan fingerprint density at radius 3 is 2.08 bits per heavy atom. The van der Waals surface area contributed by atoms with Gasteiger partial charge in [-0.25, -0.2) is 4.79 Å². The van der Waals surface area contributed by atoms with Crippen LogP contribution in [0.25, 0.3) is 5.57 Å². The maximum atomic E-state index is 12.4. The van der Waals surface area contributed by atoms with Crippen LogP contribution >= 0.6 is 0 Å². The molecule has 0 heterocycles. The van der Waals surface area contributed by atoms with Gasteiger partial charge in [0, 0.05) is 5.56 Å². The fourth-order valence-electron chi connectivity index (χ4n) is 2.23. The van der Waals surface area contributed by atoms with Crippen molar-refractivity contribution in [3.63, 3.8) is 0 Å². The molecule has 7 heteroatoms. The van der Waals surface area contributed by atoms with Crippen molar-refractivity contribution in [2.45, 2.75) is 20.3 Å². The first-order chi connectivity index (χ1) is 12.0. The summed E-state index contributed by atoms with van der Waals surface area (Å²) >= 11 is 0. The van der Waals surface area contributed by atoms with E-state index in [2.05, 4.69) is 0 Å². The van der Waals surface area contributed by atoms with E-state index in [0.29, 0.717) is 22.8 Å². The minimum atomic E-state index is -0.572. The van der Waals surface area contributed by atoms with Crippen LogP contribution in [-0.2, 0) is 19.1 Å². The fourth-order valence-corrected chi connectivity index (χ4v) is 2.23. The minimum absolute atomic E-state index is 0.0700. The number of hydrogen-bond acceptors (Lipinski definition) is 7. The van der Waals surface area contributed by atoms with Crippen LogP contribution in [-0.4, -0.2) is 46.5 Å². The Balaban J connectivity index is 3.41. The first kappa shape index (κ1) is 20.3. The third-order valence-corrected chi connectivity index (χ3v) is 3.27. The molecule has 0 radical (unpaired) electrons. The largest absolute Gasteiger partial charge is 0.493 e. The van der Waals surface area contributed by atoms with Gasteiger partial charge in [0.05, 0.1) is 46.5 Å². The SMILES string of the molecule is CCOC(=O)C/C=C(\C(=O)OCC)c1ccc(OC)c(OC)c1OC. The molecule has 0 unspecified atom stereocenters. The summed E-state index contributed by atoms with van der Waals surface area (Å²) in [7, 11) is 4.42. The second-order valence-corrected chi connectivity index (χ2v) is 4.73. The molecule has 0 amide bonds. The molecule has 0 fully saturated rings. The van der Waals surface area contributed by atoms with Crippen LogP contribution in [0.15, 0.2) is 18.2 Å². The summed E-state index contributed by atoms with van der Waals surface area (Å²) in [6.45, 7) is 3.88. The van der Waals surface area contributed by atoms with Crippen LogP contribution in [0.5, 0.6) is 17.2 Å². The van der Waals surface area contributed by atoms with Crippen molar-refractivity contribution in [3.8, 4) is 17.2 Å². The molecule has 25 heavy (non-hydrogen) atoms. The highest BCUT2D eigenvalue weighted by molar-refractivity contribution is 6.18. The molecule has 1 rings (SSSR count). The third-order valence-electron chi connectivity index (χ3n) is 3.27. The Kier molecular flexibility index (Phi) is 8.32.